The van der Waals surface area contributed by atoms with Gasteiger partial charge in [0.1, 0.15) is 30.5 Å². The quantitative estimate of drug-likeness (QED) is 0.0515. The van der Waals surface area contributed by atoms with Crippen LogP contribution >= 0.6 is 11.8 Å². The number of hydrogen-bond donors (Lipinski definition) is 9. The molecule has 274 valence electrons. The molecule has 10 N–H and O–H groups in total. The molecule has 0 fully saturated rings. The standard InChI is InChI=1S/C30H54N8O9S/c1-9-16(4)24(29(46)33-12-21(41)34-18(6)27(44)35-20(14-39)10-11-48-8)38-30(47)25(19(7)40)36-22(42)13-32-28(45)23(15(2)3)37-26(43)17(5)31/h14-20,23-25,40H,9-13,31H2,1-8H3,(H,32,45)(H,33,46)(H,34,41)(H,35,44)(H,36,42)(H,37,43)(H,38,47)/t16-,17-,18-,19+,20-,23-,24-,25-/m0/s1. The van der Waals surface area contributed by atoms with Crippen LogP contribution in [0.4, 0.5) is 0 Å². The molecule has 0 aliphatic carbocycles. The first kappa shape index (κ1) is 44.2. The number of aliphatic hydroxyl groups is 1. The summed E-state index contributed by atoms with van der Waals surface area (Å²) in [6, 6.07) is -6.21. The van der Waals surface area contributed by atoms with Crippen LogP contribution in [-0.4, -0.2) is 120 Å². The molecule has 0 spiro atoms. The van der Waals surface area contributed by atoms with E-state index >= 15 is 0 Å². The number of aldehydes is 1. The van der Waals surface area contributed by atoms with Crippen LogP contribution in [0.5, 0.6) is 0 Å². The molecular formula is C30H54N8O9S. The zero-order valence-corrected chi connectivity index (χ0v) is 29.8. The van der Waals surface area contributed by atoms with E-state index in [4.69, 9.17) is 5.73 Å². The van der Waals surface area contributed by atoms with E-state index in [1.54, 1.807) is 27.7 Å². The maximum absolute atomic E-state index is 13.2. The molecule has 48 heavy (non-hydrogen) atoms. The molecule has 18 heteroatoms. The van der Waals surface area contributed by atoms with Gasteiger partial charge in [-0.25, -0.2) is 0 Å². The fourth-order valence-corrected chi connectivity index (χ4v) is 4.52. The average Bonchev–Trinajstić information content (AvgIpc) is 3.03. The average molecular weight is 703 g/mol. The summed E-state index contributed by atoms with van der Waals surface area (Å²) in [5.41, 5.74) is 5.55. The van der Waals surface area contributed by atoms with Gasteiger partial charge >= 0.3 is 0 Å². The Bertz CT molecular complexity index is 1120. The number of carbonyl (C=O) groups excluding carboxylic acids is 8. The molecule has 17 nitrogen and oxygen atoms in total. The van der Waals surface area contributed by atoms with Crippen LogP contribution < -0.4 is 43.0 Å². The number of nitrogens with two attached hydrogens (primary N) is 1. The molecule has 0 aromatic carbocycles. The van der Waals surface area contributed by atoms with Crippen molar-refractivity contribution in [3.05, 3.63) is 0 Å². The van der Waals surface area contributed by atoms with Gasteiger partial charge in [-0.15, -0.1) is 0 Å². The number of carbonyl (C=O) groups is 8. The molecule has 0 saturated carbocycles. The molecule has 0 aromatic heterocycles. The Kier molecular flexibility index (Phi) is 21.0. The van der Waals surface area contributed by atoms with Gasteiger partial charge < -0.3 is 52.9 Å². The van der Waals surface area contributed by atoms with Crippen molar-refractivity contribution in [3.8, 4) is 0 Å². The van der Waals surface area contributed by atoms with Crippen molar-refractivity contribution in [3.63, 3.8) is 0 Å². The van der Waals surface area contributed by atoms with Crippen molar-refractivity contribution in [2.45, 2.75) is 104 Å². The lowest BCUT2D eigenvalue weighted by Gasteiger charge is -2.27. The molecule has 0 bridgehead atoms. The van der Waals surface area contributed by atoms with Crippen LogP contribution in [0.15, 0.2) is 0 Å². The number of aliphatic hydroxyl groups excluding tert-OH is 1. The predicted octanol–water partition coefficient (Wildman–Crippen LogP) is -2.96. The van der Waals surface area contributed by atoms with E-state index in [2.05, 4.69) is 37.2 Å². The highest BCUT2D eigenvalue weighted by atomic mass is 32.2. The Labute approximate surface area is 286 Å². The SMILES string of the molecule is CC[C@H](C)[C@H](NC(=O)[C@@H](NC(=O)CNC(=O)[C@@H](NC(=O)[C@H](C)N)C(C)C)[C@@H](C)O)C(=O)NCC(=O)N[C@@H](C)C(=O)N[C@H](C=O)CCSC. The lowest BCUT2D eigenvalue weighted by Crippen LogP contribution is -2.60. The van der Waals surface area contributed by atoms with E-state index in [9.17, 15) is 43.5 Å². The first-order valence-corrected chi connectivity index (χ1v) is 17.2. The second-order valence-electron chi connectivity index (χ2n) is 11.9. The van der Waals surface area contributed by atoms with Crippen LogP contribution in [0.1, 0.15) is 61.3 Å². The van der Waals surface area contributed by atoms with Gasteiger partial charge in [-0.05, 0) is 51.0 Å². The van der Waals surface area contributed by atoms with Gasteiger partial charge in [0, 0.05) is 0 Å². The van der Waals surface area contributed by atoms with Gasteiger partial charge in [0.15, 0.2) is 0 Å². The van der Waals surface area contributed by atoms with Crippen molar-refractivity contribution >= 4 is 59.4 Å². The van der Waals surface area contributed by atoms with Crippen molar-refractivity contribution < 1.29 is 43.5 Å². The van der Waals surface area contributed by atoms with Crippen molar-refractivity contribution in [2.75, 3.05) is 25.1 Å². The number of thioether (sulfide) groups is 1. The summed E-state index contributed by atoms with van der Waals surface area (Å²) in [4.78, 5) is 99.5. The van der Waals surface area contributed by atoms with Crippen LogP contribution in [0.2, 0.25) is 0 Å². The minimum Gasteiger partial charge on any atom is -0.391 e. The molecule has 7 amide bonds. The maximum Gasteiger partial charge on any atom is 0.245 e. The van der Waals surface area contributed by atoms with Gasteiger partial charge in [-0.3, -0.25) is 33.6 Å². The molecule has 0 heterocycles. The summed E-state index contributed by atoms with van der Waals surface area (Å²) < 4.78 is 0. The van der Waals surface area contributed by atoms with Crippen LogP contribution in [-0.2, 0) is 38.4 Å². The summed E-state index contributed by atoms with van der Waals surface area (Å²) in [7, 11) is 0. The molecule has 0 aromatic rings. The smallest absolute Gasteiger partial charge is 0.245 e. The van der Waals surface area contributed by atoms with Gasteiger partial charge in [0.05, 0.1) is 31.3 Å². The predicted molar refractivity (Wildman–Crippen MR) is 180 cm³/mol. The summed E-state index contributed by atoms with van der Waals surface area (Å²) in [6.45, 7) is 9.85. The molecule has 0 radical (unpaired) electrons. The maximum atomic E-state index is 13.2. The lowest BCUT2D eigenvalue weighted by atomic mass is 9.97. The van der Waals surface area contributed by atoms with Gasteiger partial charge in [-0.1, -0.05) is 34.1 Å². The van der Waals surface area contributed by atoms with Gasteiger partial charge in [0.2, 0.25) is 41.4 Å². The number of amides is 7. The van der Waals surface area contributed by atoms with Crippen LogP contribution in [0.25, 0.3) is 0 Å². The molecule has 0 aliphatic rings. The lowest BCUT2D eigenvalue weighted by molar-refractivity contribution is -0.136. The highest BCUT2D eigenvalue weighted by Crippen LogP contribution is 2.09. The summed E-state index contributed by atoms with van der Waals surface area (Å²) >= 11 is 1.52. The van der Waals surface area contributed by atoms with E-state index in [1.165, 1.54) is 32.5 Å². The largest absolute Gasteiger partial charge is 0.391 e. The molecule has 0 unspecified atom stereocenters. The number of nitrogens with one attached hydrogen (secondary N) is 7. The second kappa shape index (κ2) is 22.7. The third-order valence-electron chi connectivity index (χ3n) is 7.28. The first-order valence-electron chi connectivity index (χ1n) is 15.8. The number of hydrogen-bond acceptors (Lipinski definition) is 11. The Morgan fingerprint density at radius 1 is 0.708 bits per heavy atom. The molecule has 8 atom stereocenters. The topological polar surface area (TPSA) is 267 Å². The summed E-state index contributed by atoms with van der Waals surface area (Å²) in [5.74, 6) is -5.03. The zero-order valence-electron chi connectivity index (χ0n) is 29.0. The van der Waals surface area contributed by atoms with E-state index in [0.29, 0.717) is 24.9 Å². The van der Waals surface area contributed by atoms with Crippen molar-refractivity contribution in [2.24, 2.45) is 17.6 Å². The minimum atomic E-state index is -1.51. The van der Waals surface area contributed by atoms with Gasteiger partial charge in [0.25, 0.3) is 0 Å². The fourth-order valence-electron chi connectivity index (χ4n) is 4.03. The Morgan fingerprint density at radius 3 is 1.69 bits per heavy atom. The third kappa shape index (κ3) is 16.4. The molecular weight excluding hydrogens is 648 g/mol. The van der Waals surface area contributed by atoms with Crippen molar-refractivity contribution in [1.29, 1.82) is 0 Å². The molecule has 0 saturated heterocycles. The summed E-state index contributed by atoms with van der Waals surface area (Å²) in [6.07, 6.45) is 1.95. The van der Waals surface area contributed by atoms with E-state index in [0.717, 1.165) is 0 Å². The van der Waals surface area contributed by atoms with E-state index in [1.807, 2.05) is 6.26 Å². The minimum absolute atomic E-state index is 0.333. The van der Waals surface area contributed by atoms with E-state index in [-0.39, 0.29) is 5.92 Å². The molecule has 0 aliphatic heterocycles. The number of rotatable bonds is 22. The second-order valence-corrected chi connectivity index (χ2v) is 12.9. The zero-order chi connectivity index (χ0) is 37.1. The Balaban J connectivity index is 5.29. The Hall–Kier alpha value is -3.77. The molecule has 0 rings (SSSR count). The van der Waals surface area contributed by atoms with E-state index < -0.39 is 103 Å². The first-order chi connectivity index (χ1) is 22.4. The van der Waals surface area contributed by atoms with Crippen LogP contribution in [0, 0.1) is 11.8 Å². The monoisotopic (exact) mass is 702 g/mol. The summed E-state index contributed by atoms with van der Waals surface area (Å²) in [5, 5.41) is 27.4. The van der Waals surface area contributed by atoms with Crippen molar-refractivity contribution in [1.82, 2.24) is 37.2 Å². The Morgan fingerprint density at radius 2 is 1.23 bits per heavy atom. The highest BCUT2D eigenvalue weighted by Gasteiger charge is 2.33. The van der Waals surface area contributed by atoms with Gasteiger partial charge in [-0.2, -0.15) is 11.8 Å². The normalized spacial score (nSPS) is 16.0. The fraction of sp³-hybridized carbons (Fsp3) is 0.733. The highest BCUT2D eigenvalue weighted by molar-refractivity contribution is 7.98. The van der Waals surface area contributed by atoms with Crippen LogP contribution in [0.3, 0.4) is 0 Å². The third-order valence-corrected chi connectivity index (χ3v) is 7.92.